The molecule has 0 unspecified atom stereocenters. The Morgan fingerprint density at radius 3 is 2.44 bits per heavy atom. The number of carbonyl (C=O) groups is 2. The molecule has 3 aromatic carbocycles. The maximum atomic E-state index is 14.2. The second-order valence-corrected chi connectivity index (χ2v) is 11.0. The second-order valence-electron chi connectivity index (χ2n) is 10.0. The molecule has 4 rings (SSSR count). The lowest BCUT2D eigenvalue weighted by Crippen LogP contribution is -2.53. The number of hydrogen-bond donors (Lipinski definition) is 1. The fraction of sp³-hybridized carbons (Fsp3) is 0.375. The molecule has 0 radical (unpaired) electrons. The summed E-state index contributed by atoms with van der Waals surface area (Å²) in [6.45, 7) is 0.270. The number of hydrogen-bond acceptors (Lipinski definition) is 4. The lowest BCUT2D eigenvalue weighted by atomic mass is 9.94. The van der Waals surface area contributed by atoms with Crippen molar-refractivity contribution >= 4 is 23.6 Å². The van der Waals surface area contributed by atoms with E-state index >= 15 is 0 Å². The number of rotatable bonds is 12. The van der Waals surface area contributed by atoms with Gasteiger partial charge in [-0.15, -0.1) is 11.8 Å². The molecule has 2 amide bonds. The van der Waals surface area contributed by atoms with Gasteiger partial charge in [0, 0.05) is 24.8 Å². The molecule has 0 spiro atoms. The van der Waals surface area contributed by atoms with Crippen LogP contribution in [0.4, 0.5) is 4.39 Å². The first-order valence-electron chi connectivity index (χ1n) is 13.6. The smallest absolute Gasteiger partial charge is 0.243 e. The van der Waals surface area contributed by atoms with Crippen LogP contribution in [0.15, 0.2) is 78.9 Å². The van der Waals surface area contributed by atoms with Crippen LogP contribution in [0.3, 0.4) is 0 Å². The number of ether oxygens (including phenoxy) is 1. The Balaban J connectivity index is 1.58. The molecule has 0 saturated heterocycles. The van der Waals surface area contributed by atoms with Gasteiger partial charge in [-0.25, -0.2) is 4.39 Å². The molecular weight excluding hydrogens is 511 g/mol. The number of carbonyl (C=O) groups excluding carboxylic acids is 2. The van der Waals surface area contributed by atoms with Crippen LogP contribution >= 0.6 is 11.8 Å². The van der Waals surface area contributed by atoms with Gasteiger partial charge in [-0.1, -0.05) is 79.9 Å². The third-order valence-electron chi connectivity index (χ3n) is 7.15. The minimum atomic E-state index is -0.679. The molecule has 0 aliphatic heterocycles. The van der Waals surface area contributed by atoms with Crippen LogP contribution in [0.2, 0.25) is 0 Å². The van der Waals surface area contributed by atoms with E-state index in [9.17, 15) is 14.0 Å². The highest BCUT2D eigenvalue weighted by Crippen LogP contribution is 2.23. The molecule has 0 aromatic heterocycles. The predicted octanol–water partition coefficient (Wildman–Crippen LogP) is 6.16. The van der Waals surface area contributed by atoms with Crippen molar-refractivity contribution in [3.63, 3.8) is 0 Å². The quantitative estimate of drug-likeness (QED) is 0.295. The summed E-state index contributed by atoms with van der Waals surface area (Å²) >= 11 is 1.36. The Morgan fingerprint density at radius 2 is 1.69 bits per heavy atom. The molecule has 0 heterocycles. The molecule has 206 valence electrons. The lowest BCUT2D eigenvalue weighted by molar-refractivity contribution is -0.139. The highest BCUT2D eigenvalue weighted by molar-refractivity contribution is 7.99. The first-order valence-corrected chi connectivity index (χ1v) is 14.8. The average Bonchev–Trinajstić information content (AvgIpc) is 2.97. The van der Waals surface area contributed by atoms with Crippen LogP contribution in [0.1, 0.15) is 48.8 Å². The van der Waals surface area contributed by atoms with Crippen LogP contribution in [0, 0.1) is 5.82 Å². The van der Waals surface area contributed by atoms with Crippen LogP contribution < -0.4 is 10.1 Å². The molecule has 1 aliphatic rings. The first kappa shape index (κ1) is 28.7. The van der Waals surface area contributed by atoms with Crippen LogP contribution in [0.25, 0.3) is 0 Å². The predicted molar refractivity (Wildman–Crippen MR) is 155 cm³/mol. The summed E-state index contributed by atoms with van der Waals surface area (Å²) in [5.74, 6) is 0.656. The van der Waals surface area contributed by atoms with Crippen molar-refractivity contribution in [2.75, 3.05) is 12.9 Å². The van der Waals surface area contributed by atoms with Gasteiger partial charge >= 0.3 is 0 Å². The maximum absolute atomic E-state index is 14.2. The van der Waals surface area contributed by atoms with Gasteiger partial charge in [-0.05, 0) is 47.7 Å². The molecule has 1 aliphatic carbocycles. The highest BCUT2D eigenvalue weighted by Gasteiger charge is 2.32. The van der Waals surface area contributed by atoms with E-state index in [1.165, 1.54) is 24.2 Å². The van der Waals surface area contributed by atoms with Gasteiger partial charge in [0.25, 0.3) is 0 Å². The summed E-state index contributed by atoms with van der Waals surface area (Å²) in [5.41, 5.74) is 2.43. The zero-order valence-electron chi connectivity index (χ0n) is 22.5. The van der Waals surface area contributed by atoms with E-state index in [-0.39, 0.29) is 36.0 Å². The van der Waals surface area contributed by atoms with Gasteiger partial charge < -0.3 is 15.0 Å². The fourth-order valence-corrected chi connectivity index (χ4v) is 5.91. The zero-order valence-corrected chi connectivity index (χ0v) is 23.3. The normalized spacial score (nSPS) is 14.4. The van der Waals surface area contributed by atoms with Crippen molar-refractivity contribution < 1.29 is 18.7 Å². The van der Waals surface area contributed by atoms with Crippen molar-refractivity contribution in [3.05, 3.63) is 101 Å². The summed E-state index contributed by atoms with van der Waals surface area (Å²) < 4.78 is 19.6. The Kier molecular flexibility index (Phi) is 10.8. The van der Waals surface area contributed by atoms with Gasteiger partial charge in [-0.2, -0.15) is 0 Å². The number of thioether (sulfide) groups is 1. The van der Waals surface area contributed by atoms with E-state index in [2.05, 4.69) is 5.32 Å². The number of halogens is 1. The summed E-state index contributed by atoms with van der Waals surface area (Å²) in [6, 6.07) is 23.5. The van der Waals surface area contributed by atoms with E-state index in [1.807, 2.05) is 54.6 Å². The van der Waals surface area contributed by atoms with E-state index in [0.717, 1.165) is 36.8 Å². The second kappa shape index (κ2) is 14.7. The minimum absolute atomic E-state index is 0.124. The molecule has 1 fully saturated rings. The molecule has 5 nitrogen and oxygen atoms in total. The lowest BCUT2D eigenvalue weighted by Gasteiger charge is -2.33. The number of nitrogens with zero attached hydrogens (tertiary/aromatic N) is 1. The third-order valence-corrected chi connectivity index (χ3v) is 8.12. The number of benzene rings is 3. The molecule has 1 atom stereocenters. The summed E-state index contributed by atoms with van der Waals surface area (Å²) in [7, 11) is 1.61. The highest BCUT2D eigenvalue weighted by atomic mass is 32.2. The van der Waals surface area contributed by atoms with Crippen LogP contribution in [0.5, 0.6) is 5.75 Å². The van der Waals surface area contributed by atoms with Gasteiger partial charge in [0.05, 0.1) is 12.9 Å². The van der Waals surface area contributed by atoms with E-state index in [0.29, 0.717) is 23.5 Å². The molecule has 39 heavy (non-hydrogen) atoms. The first-order chi connectivity index (χ1) is 19.0. The Labute approximate surface area is 235 Å². The molecule has 3 aromatic rings. The van der Waals surface area contributed by atoms with Crippen molar-refractivity contribution in [1.82, 2.24) is 10.2 Å². The van der Waals surface area contributed by atoms with Crippen LogP contribution in [-0.4, -0.2) is 41.7 Å². The number of methoxy groups -OCH3 is 1. The molecule has 1 N–H and O–H groups in total. The Bertz CT molecular complexity index is 1220. The topological polar surface area (TPSA) is 58.6 Å². The largest absolute Gasteiger partial charge is 0.497 e. The van der Waals surface area contributed by atoms with Crippen molar-refractivity contribution in [3.8, 4) is 5.75 Å². The maximum Gasteiger partial charge on any atom is 0.243 e. The third kappa shape index (κ3) is 8.59. The summed E-state index contributed by atoms with van der Waals surface area (Å²) in [5, 5.41) is 3.26. The molecule has 0 bridgehead atoms. The van der Waals surface area contributed by atoms with Crippen molar-refractivity contribution in [1.29, 1.82) is 0 Å². The Morgan fingerprint density at radius 1 is 0.974 bits per heavy atom. The minimum Gasteiger partial charge on any atom is -0.497 e. The van der Waals surface area contributed by atoms with Crippen molar-refractivity contribution in [2.45, 2.75) is 62.9 Å². The van der Waals surface area contributed by atoms with Crippen molar-refractivity contribution in [2.24, 2.45) is 0 Å². The zero-order chi connectivity index (χ0) is 27.5. The summed E-state index contributed by atoms with van der Waals surface area (Å²) in [4.78, 5) is 29.3. The Hall–Kier alpha value is -3.32. The molecular formula is C32H37FN2O3S. The van der Waals surface area contributed by atoms with Gasteiger partial charge in [0.2, 0.25) is 11.8 Å². The van der Waals surface area contributed by atoms with Crippen LogP contribution in [-0.2, 0) is 28.3 Å². The average molecular weight is 549 g/mol. The van der Waals surface area contributed by atoms with Gasteiger partial charge in [0.1, 0.15) is 17.6 Å². The molecule has 1 saturated carbocycles. The number of amides is 2. The summed E-state index contributed by atoms with van der Waals surface area (Å²) in [6.07, 6.45) is 5.74. The van der Waals surface area contributed by atoms with Gasteiger partial charge in [-0.3, -0.25) is 9.59 Å². The standard InChI is InChI=1S/C32H37FN2O3S/c1-38-28-17-10-13-25(19-28)21-35(31(36)23-39-22-26-14-8-9-18-29(26)33)30(20-24-11-4-2-5-12-24)32(37)34-27-15-6-3-7-16-27/h2,4-5,8-14,17-19,27,30H,3,6-7,15-16,20-23H2,1H3,(H,34,37)/t30-/m1/s1. The monoisotopic (exact) mass is 548 g/mol. The number of nitrogens with one attached hydrogen (secondary N) is 1. The fourth-order valence-electron chi connectivity index (χ4n) is 5.01. The van der Waals surface area contributed by atoms with Gasteiger partial charge in [0.15, 0.2) is 0 Å². The molecule has 7 heteroatoms. The van der Waals surface area contributed by atoms with E-state index < -0.39 is 6.04 Å². The SMILES string of the molecule is COc1cccc(CN(C(=O)CSCc2ccccc2F)[C@H](Cc2ccccc2)C(=O)NC2CCCCC2)c1. The van der Waals surface area contributed by atoms with E-state index in [4.69, 9.17) is 4.74 Å². The van der Waals surface area contributed by atoms with E-state index in [1.54, 1.807) is 30.2 Å².